The van der Waals surface area contributed by atoms with Crippen molar-refractivity contribution < 1.29 is 13.2 Å². The van der Waals surface area contributed by atoms with E-state index in [0.717, 1.165) is 35.9 Å². The molecule has 1 fully saturated rings. The third kappa shape index (κ3) is 3.32. The average molecular weight is 388 g/mol. The van der Waals surface area contributed by atoms with Crippen LogP contribution in [-0.2, 0) is 6.18 Å². The van der Waals surface area contributed by atoms with Gasteiger partial charge in [-0.15, -0.1) is 0 Å². The number of nitrogens with one attached hydrogen (secondary N) is 1. The fourth-order valence-electron chi connectivity index (χ4n) is 3.74. The van der Waals surface area contributed by atoms with E-state index in [4.69, 9.17) is 0 Å². The van der Waals surface area contributed by atoms with E-state index in [9.17, 15) is 13.2 Å². The predicted molar refractivity (Wildman–Crippen MR) is 97.6 cm³/mol. The Morgan fingerprint density at radius 1 is 1.21 bits per heavy atom. The lowest BCUT2D eigenvalue weighted by atomic mass is 10.0. The minimum atomic E-state index is -4.56. The zero-order valence-corrected chi connectivity index (χ0v) is 15.5. The zero-order chi connectivity index (χ0) is 19.9. The molecule has 1 aliphatic rings. The number of pyridine rings is 1. The molecule has 28 heavy (non-hydrogen) atoms. The first kappa shape index (κ1) is 18.4. The van der Waals surface area contributed by atoms with Crippen molar-refractivity contribution in [3.8, 4) is 11.4 Å². The minimum Gasteiger partial charge on any atom is -0.349 e. The summed E-state index contributed by atoms with van der Waals surface area (Å²) in [4.78, 5) is 14.1. The maximum Gasteiger partial charge on any atom is 0.433 e. The molecule has 3 aromatic rings. The predicted octanol–water partition coefficient (Wildman–Crippen LogP) is 4.24. The molecular formula is C19H19F3N6. The number of rotatable bonds is 3. The van der Waals surface area contributed by atoms with E-state index in [2.05, 4.69) is 25.1 Å². The van der Waals surface area contributed by atoms with Gasteiger partial charge >= 0.3 is 6.18 Å². The molecule has 0 aliphatic carbocycles. The Kier molecular flexibility index (Phi) is 4.52. The number of hydrogen-bond acceptors (Lipinski definition) is 5. The SMILES string of the molecule is Cc1n[nH]c(C)c1[C@@H]1CCCN1c1cc(C(F)(F)F)nc(-c2cccnc2)n1. The summed E-state index contributed by atoms with van der Waals surface area (Å²) in [7, 11) is 0. The number of hydrogen-bond donors (Lipinski definition) is 1. The molecule has 0 unspecified atom stereocenters. The van der Waals surface area contributed by atoms with E-state index in [1.54, 1.807) is 18.3 Å². The molecule has 9 heteroatoms. The van der Waals surface area contributed by atoms with Gasteiger partial charge in [0.15, 0.2) is 11.5 Å². The highest BCUT2D eigenvalue weighted by Gasteiger charge is 2.36. The summed E-state index contributed by atoms with van der Waals surface area (Å²) >= 11 is 0. The maximum atomic E-state index is 13.5. The van der Waals surface area contributed by atoms with E-state index in [-0.39, 0.29) is 17.7 Å². The van der Waals surface area contributed by atoms with Crippen LogP contribution in [0.5, 0.6) is 0 Å². The lowest BCUT2D eigenvalue weighted by Crippen LogP contribution is -2.25. The van der Waals surface area contributed by atoms with Crippen molar-refractivity contribution in [1.82, 2.24) is 25.1 Å². The molecule has 1 aliphatic heterocycles. The van der Waals surface area contributed by atoms with Gasteiger partial charge in [0.1, 0.15) is 5.82 Å². The molecule has 0 bridgehead atoms. The van der Waals surface area contributed by atoms with Crippen LogP contribution < -0.4 is 4.90 Å². The molecule has 0 amide bonds. The number of aryl methyl sites for hydroxylation is 2. The van der Waals surface area contributed by atoms with Crippen LogP contribution in [0.3, 0.4) is 0 Å². The number of aromatic amines is 1. The number of nitrogens with zero attached hydrogens (tertiary/aromatic N) is 5. The molecule has 0 aromatic carbocycles. The van der Waals surface area contributed by atoms with Gasteiger partial charge in [0.25, 0.3) is 0 Å². The van der Waals surface area contributed by atoms with Crippen LogP contribution in [-0.4, -0.2) is 31.7 Å². The number of aromatic nitrogens is 5. The topological polar surface area (TPSA) is 70.6 Å². The summed E-state index contributed by atoms with van der Waals surface area (Å²) in [6.07, 6.45) is 0.145. The van der Waals surface area contributed by atoms with Gasteiger partial charge in [0.05, 0.1) is 11.7 Å². The Hall–Kier alpha value is -2.97. The molecule has 4 rings (SSSR count). The second-order valence-electron chi connectivity index (χ2n) is 6.87. The molecule has 1 saturated heterocycles. The molecular weight excluding hydrogens is 369 g/mol. The third-order valence-electron chi connectivity index (χ3n) is 4.99. The molecule has 6 nitrogen and oxygen atoms in total. The van der Waals surface area contributed by atoms with Crippen LogP contribution in [0.15, 0.2) is 30.6 Å². The monoisotopic (exact) mass is 388 g/mol. The van der Waals surface area contributed by atoms with Gasteiger partial charge < -0.3 is 4.90 Å². The summed E-state index contributed by atoms with van der Waals surface area (Å²) < 4.78 is 40.5. The first-order valence-electron chi connectivity index (χ1n) is 8.99. The van der Waals surface area contributed by atoms with Gasteiger partial charge in [-0.05, 0) is 38.8 Å². The largest absolute Gasteiger partial charge is 0.433 e. The van der Waals surface area contributed by atoms with Crippen LogP contribution in [0, 0.1) is 13.8 Å². The zero-order valence-electron chi connectivity index (χ0n) is 15.5. The summed E-state index contributed by atoms with van der Waals surface area (Å²) in [5.74, 6) is 0.285. The summed E-state index contributed by atoms with van der Waals surface area (Å²) in [5, 5.41) is 7.20. The standard InChI is InChI=1S/C19H19F3N6/c1-11-17(12(2)27-26-11)14-6-4-8-28(14)16-9-15(19(20,21)22)24-18(25-16)13-5-3-7-23-10-13/h3,5,7,9-10,14H,4,6,8H2,1-2H3,(H,26,27)/t14-/m0/s1. The van der Waals surface area contributed by atoms with Gasteiger partial charge in [-0.25, -0.2) is 9.97 Å². The van der Waals surface area contributed by atoms with Gasteiger partial charge in [-0.3, -0.25) is 10.1 Å². The summed E-state index contributed by atoms with van der Waals surface area (Å²) in [6.45, 7) is 4.45. The Labute approximate surface area is 159 Å². The van der Waals surface area contributed by atoms with Gasteiger partial charge in [0.2, 0.25) is 0 Å². The summed E-state index contributed by atoms with van der Waals surface area (Å²) in [5.41, 5.74) is 2.29. The van der Waals surface area contributed by atoms with Crippen LogP contribution in [0.1, 0.15) is 41.5 Å². The van der Waals surface area contributed by atoms with E-state index < -0.39 is 11.9 Å². The highest BCUT2D eigenvalue weighted by molar-refractivity contribution is 5.58. The maximum absolute atomic E-state index is 13.5. The van der Waals surface area contributed by atoms with Crippen LogP contribution in [0.2, 0.25) is 0 Å². The lowest BCUT2D eigenvalue weighted by Gasteiger charge is -2.27. The van der Waals surface area contributed by atoms with Crippen LogP contribution in [0.25, 0.3) is 11.4 Å². The summed E-state index contributed by atoms with van der Waals surface area (Å²) in [6, 6.07) is 4.26. The van der Waals surface area contributed by atoms with Crippen LogP contribution in [0.4, 0.5) is 19.0 Å². The third-order valence-corrected chi connectivity index (χ3v) is 4.99. The Morgan fingerprint density at radius 3 is 2.68 bits per heavy atom. The van der Waals surface area contributed by atoms with Crippen molar-refractivity contribution in [2.75, 3.05) is 11.4 Å². The van der Waals surface area contributed by atoms with Crippen molar-refractivity contribution >= 4 is 5.82 Å². The molecule has 0 saturated carbocycles. The number of H-pyrrole nitrogens is 1. The second-order valence-corrected chi connectivity index (χ2v) is 6.87. The van der Waals surface area contributed by atoms with E-state index in [0.29, 0.717) is 12.1 Å². The minimum absolute atomic E-state index is 0.0178. The highest BCUT2D eigenvalue weighted by atomic mass is 19.4. The molecule has 4 heterocycles. The normalized spacial score (nSPS) is 17.3. The van der Waals surface area contributed by atoms with Gasteiger partial charge in [0, 0.05) is 41.8 Å². The van der Waals surface area contributed by atoms with Crippen molar-refractivity contribution in [1.29, 1.82) is 0 Å². The molecule has 1 N–H and O–H groups in total. The van der Waals surface area contributed by atoms with Crippen molar-refractivity contribution in [3.63, 3.8) is 0 Å². The van der Waals surface area contributed by atoms with Gasteiger partial charge in [-0.1, -0.05) is 0 Å². The quantitative estimate of drug-likeness (QED) is 0.727. The number of alkyl halides is 3. The number of halogens is 3. The fraction of sp³-hybridized carbons (Fsp3) is 0.368. The first-order chi connectivity index (χ1) is 13.3. The molecule has 3 aromatic heterocycles. The molecule has 0 spiro atoms. The van der Waals surface area contributed by atoms with E-state index in [1.807, 2.05) is 18.7 Å². The lowest BCUT2D eigenvalue weighted by molar-refractivity contribution is -0.141. The first-order valence-corrected chi connectivity index (χ1v) is 8.99. The van der Waals surface area contributed by atoms with Crippen LogP contribution >= 0.6 is 0 Å². The second kappa shape index (κ2) is 6.88. The van der Waals surface area contributed by atoms with Crippen molar-refractivity contribution in [2.24, 2.45) is 0 Å². The van der Waals surface area contributed by atoms with Crippen molar-refractivity contribution in [3.05, 3.63) is 53.2 Å². The van der Waals surface area contributed by atoms with E-state index in [1.165, 1.54) is 6.20 Å². The molecule has 146 valence electrons. The molecule has 0 radical (unpaired) electrons. The number of anilines is 1. The van der Waals surface area contributed by atoms with Gasteiger partial charge in [-0.2, -0.15) is 18.3 Å². The van der Waals surface area contributed by atoms with Crippen molar-refractivity contribution in [2.45, 2.75) is 38.9 Å². The molecule has 1 atom stereocenters. The highest BCUT2D eigenvalue weighted by Crippen LogP contribution is 2.39. The van der Waals surface area contributed by atoms with E-state index >= 15 is 0 Å². The Bertz CT molecular complexity index is 964. The Morgan fingerprint density at radius 2 is 2.04 bits per heavy atom. The fourth-order valence-corrected chi connectivity index (χ4v) is 3.74. The average Bonchev–Trinajstić information content (AvgIpc) is 3.27. The Balaban J connectivity index is 1.82. The smallest absolute Gasteiger partial charge is 0.349 e.